The van der Waals surface area contributed by atoms with Gasteiger partial charge in [-0.25, -0.2) is 13.1 Å². The van der Waals surface area contributed by atoms with Crippen molar-refractivity contribution in [3.8, 4) is 0 Å². The summed E-state index contributed by atoms with van der Waals surface area (Å²) in [5.74, 6) is 0. The number of nitrogens with one attached hydrogen (secondary N) is 2. The summed E-state index contributed by atoms with van der Waals surface area (Å²) < 4.78 is 27.6. The van der Waals surface area contributed by atoms with Crippen molar-refractivity contribution in [2.24, 2.45) is 0 Å². The zero-order valence-electron chi connectivity index (χ0n) is 11.8. The second-order valence-corrected chi connectivity index (χ2v) is 7.42. The van der Waals surface area contributed by atoms with Crippen LogP contribution in [0, 0.1) is 0 Å². The van der Waals surface area contributed by atoms with Crippen molar-refractivity contribution in [2.75, 3.05) is 11.9 Å². The number of fused-ring (bicyclic) bond motifs is 1. The first-order valence-corrected chi connectivity index (χ1v) is 8.23. The van der Waals surface area contributed by atoms with E-state index in [0.29, 0.717) is 4.90 Å². The number of anilines is 1. The molecule has 19 heavy (non-hydrogen) atoms. The van der Waals surface area contributed by atoms with Crippen LogP contribution in [0.4, 0.5) is 5.69 Å². The van der Waals surface area contributed by atoms with Crippen LogP contribution in [0.25, 0.3) is 0 Å². The fourth-order valence-electron chi connectivity index (χ4n) is 2.55. The lowest BCUT2D eigenvalue weighted by atomic mass is 10.0. The number of hydrogen-bond acceptors (Lipinski definition) is 3. The summed E-state index contributed by atoms with van der Waals surface area (Å²) >= 11 is 0. The van der Waals surface area contributed by atoms with Gasteiger partial charge in [-0.2, -0.15) is 0 Å². The Kier molecular flexibility index (Phi) is 3.87. The Hall–Kier alpha value is -1.07. The molecule has 0 saturated carbocycles. The van der Waals surface area contributed by atoms with Crippen molar-refractivity contribution in [3.63, 3.8) is 0 Å². The molecule has 1 aromatic carbocycles. The van der Waals surface area contributed by atoms with Crippen LogP contribution in [0.1, 0.15) is 39.2 Å². The highest BCUT2D eigenvalue weighted by Crippen LogP contribution is 2.26. The van der Waals surface area contributed by atoms with Gasteiger partial charge in [-0.05, 0) is 50.5 Å². The highest BCUT2D eigenvalue weighted by molar-refractivity contribution is 7.89. The van der Waals surface area contributed by atoms with Gasteiger partial charge in [0.15, 0.2) is 0 Å². The molecule has 0 radical (unpaired) electrons. The maximum atomic E-state index is 12.4. The SMILES string of the molecule is CCCC(C)(C)NS(=O)(=O)c1ccc2c(c1)CCN2. The van der Waals surface area contributed by atoms with E-state index in [1.165, 1.54) is 0 Å². The van der Waals surface area contributed by atoms with Gasteiger partial charge in [0.05, 0.1) is 4.90 Å². The van der Waals surface area contributed by atoms with Crippen LogP contribution in [0.2, 0.25) is 0 Å². The van der Waals surface area contributed by atoms with Crippen LogP contribution in [0.3, 0.4) is 0 Å². The molecule has 0 aliphatic carbocycles. The molecule has 0 unspecified atom stereocenters. The quantitative estimate of drug-likeness (QED) is 0.872. The highest BCUT2D eigenvalue weighted by Gasteiger charge is 2.26. The number of hydrogen-bond donors (Lipinski definition) is 2. The van der Waals surface area contributed by atoms with Crippen molar-refractivity contribution in [1.29, 1.82) is 0 Å². The summed E-state index contributed by atoms with van der Waals surface area (Å²) in [5.41, 5.74) is 1.72. The molecule has 0 bridgehead atoms. The fraction of sp³-hybridized carbons (Fsp3) is 0.571. The van der Waals surface area contributed by atoms with Crippen LogP contribution in [-0.2, 0) is 16.4 Å². The van der Waals surface area contributed by atoms with E-state index in [0.717, 1.165) is 37.1 Å². The maximum Gasteiger partial charge on any atom is 0.241 e. The van der Waals surface area contributed by atoms with Gasteiger partial charge in [0.25, 0.3) is 0 Å². The van der Waals surface area contributed by atoms with Crippen LogP contribution in [0.5, 0.6) is 0 Å². The Morgan fingerprint density at radius 1 is 1.37 bits per heavy atom. The van der Waals surface area contributed by atoms with Gasteiger partial charge >= 0.3 is 0 Å². The molecule has 1 heterocycles. The Bertz CT molecular complexity index is 565. The van der Waals surface area contributed by atoms with Gasteiger partial charge in [-0.3, -0.25) is 0 Å². The molecule has 4 nitrogen and oxygen atoms in total. The number of benzene rings is 1. The Morgan fingerprint density at radius 2 is 2.11 bits per heavy atom. The smallest absolute Gasteiger partial charge is 0.241 e. The molecule has 2 rings (SSSR count). The molecule has 0 atom stereocenters. The highest BCUT2D eigenvalue weighted by atomic mass is 32.2. The number of sulfonamides is 1. The van der Waals surface area contributed by atoms with Crippen LogP contribution in [0.15, 0.2) is 23.1 Å². The van der Waals surface area contributed by atoms with Crippen molar-refractivity contribution in [1.82, 2.24) is 4.72 Å². The van der Waals surface area contributed by atoms with Crippen LogP contribution >= 0.6 is 0 Å². The minimum atomic E-state index is -3.44. The standard InChI is InChI=1S/C14H22N2O2S/c1-4-8-14(2,3)16-19(17,18)12-5-6-13-11(10-12)7-9-15-13/h5-6,10,15-16H,4,7-9H2,1-3H3. The van der Waals surface area contributed by atoms with E-state index < -0.39 is 15.6 Å². The van der Waals surface area contributed by atoms with Gasteiger partial charge in [-0.15, -0.1) is 0 Å². The lowest BCUT2D eigenvalue weighted by Crippen LogP contribution is -2.43. The molecule has 5 heteroatoms. The second-order valence-electron chi connectivity index (χ2n) is 5.74. The average Bonchev–Trinajstić information content (AvgIpc) is 2.73. The van der Waals surface area contributed by atoms with Gasteiger partial charge in [-0.1, -0.05) is 13.3 Å². The third-order valence-corrected chi connectivity index (χ3v) is 5.08. The fourth-order valence-corrected chi connectivity index (χ4v) is 4.04. The van der Waals surface area contributed by atoms with Gasteiger partial charge < -0.3 is 5.32 Å². The largest absolute Gasteiger partial charge is 0.384 e. The van der Waals surface area contributed by atoms with Crippen LogP contribution < -0.4 is 10.0 Å². The van der Waals surface area contributed by atoms with Gasteiger partial charge in [0, 0.05) is 17.8 Å². The van der Waals surface area contributed by atoms with E-state index in [1.54, 1.807) is 12.1 Å². The first-order valence-electron chi connectivity index (χ1n) is 6.75. The summed E-state index contributed by atoms with van der Waals surface area (Å²) in [6, 6.07) is 5.30. The average molecular weight is 282 g/mol. The summed E-state index contributed by atoms with van der Waals surface area (Å²) in [6.07, 6.45) is 2.65. The minimum Gasteiger partial charge on any atom is -0.384 e. The Morgan fingerprint density at radius 3 is 2.79 bits per heavy atom. The topological polar surface area (TPSA) is 58.2 Å². The van der Waals surface area contributed by atoms with E-state index in [9.17, 15) is 8.42 Å². The monoisotopic (exact) mass is 282 g/mol. The zero-order valence-corrected chi connectivity index (χ0v) is 12.6. The van der Waals surface area contributed by atoms with Crippen molar-refractivity contribution < 1.29 is 8.42 Å². The van der Waals surface area contributed by atoms with Crippen molar-refractivity contribution in [2.45, 2.75) is 50.5 Å². The molecule has 0 saturated heterocycles. The molecule has 1 aromatic rings. The molecular weight excluding hydrogens is 260 g/mol. The third kappa shape index (κ3) is 3.28. The minimum absolute atomic E-state index is 0.360. The molecule has 0 fully saturated rings. The molecule has 2 N–H and O–H groups in total. The molecule has 106 valence electrons. The summed E-state index contributed by atoms with van der Waals surface area (Å²) in [6.45, 7) is 6.77. The number of rotatable bonds is 5. The maximum absolute atomic E-state index is 12.4. The zero-order chi connectivity index (χ0) is 14.1. The molecule has 1 aliphatic rings. The first kappa shape index (κ1) is 14.3. The molecule has 1 aliphatic heterocycles. The summed E-state index contributed by atoms with van der Waals surface area (Å²) in [5, 5.41) is 3.23. The van der Waals surface area contributed by atoms with E-state index in [4.69, 9.17) is 0 Å². The molecule has 0 aromatic heterocycles. The molecular formula is C14H22N2O2S. The van der Waals surface area contributed by atoms with E-state index in [-0.39, 0.29) is 0 Å². The van der Waals surface area contributed by atoms with Gasteiger partial charge in [0.2, 0.25) is 10.0 Å². The second kappa shape index (κ2) is 5.13. The predicted octanol–water partition coefficient (Wildman–Crippen LogP) is 2.51. The third-order valence-electron chi connectivity index (χ3n) is 3.38. The molecule has 0 amide bonds. The van der Waals surface area contributed by atoms with Crippen LogP contribution in [-0.4, -0.2) is 20.5 Å². The van der Waals surface area contributed by atoms with Gasteiger partial charge in [0.1, 0.15) is 0 Å². The Balaban J connectivity index is 2.25. The lowest BCUT2D eigenvalue weighted by molar-refractivity contribution is 0.418. The lowest BCUT2D eigenvalue weighted by Gasteiger charge is -2.25. The van der Waals surface area contributed by atoms with Crippen molar-refractivity contribution >= 4 is 15.7 Å². The summed E-state index contributed by atoms with van der Waals surface area (Å²) in [7, 11) is -3.44. The first-order chi connectivity index (χ1) is 8.84. The molecule has 0 spiro atoms. The van der Waals surface area contributed by atoms with E-state index >= 15 is 0 Å². The van der Waals surface area contributed by atoms with E-state index in [2.05, 4.69) is 17.0 Å². The van der Waals surface area contributed by atoms with Crippen molar-refractivity contribution in [3.05, 3.63) is 23.8 Å². The predicted molar refractivity (Wildman–Crippen MR) is 77.9 cm³/mol. The Labute approximate surface area is 115 Å². The van der Waals surface area contributed by atoms with E-state index in [1.807, 2.05) is 19.9 Å². The summed E-state index contributed by atoms with van der Waals surface area (Å²) in [4.78, 5) is 0.360. The normalized spacial score (nSPS) is 15.1.